The number of thioether (sulfide) groups is 1. The molecule has 2 aliphatic heterocycles. The molecule has 1 aromatic heterocycles. The first-order chi connectivity index (χ1) is 12.6. The zero-order chi connectivity index (χ0) is 18.1. The van der Waals surface area contributed by atoms with Crippen LogP contribution in [-0.4, -0.2) is 50.7 Å². The molecule has 2 aliphatic rings. The van der Waals surface area contributed by atoms with E-state index in [2.05, 4.69) is 17.1 Å². The molecule has 0 spiro atoms. The number of likely N-dealkylation sites (tertiary alicyclic amines) is 1. The van der Waals surface area contributed by atoms with Gasteiger partial charge in [0.05, 0.1) is 5.75 Å². The highest BCUT2D eigenvalue weighted by atomic mass is 32.2. The Labute approximate surface area is 156 Å². The van der Waals surface area contributed by atoms with E-state index in [-0.39, 0.29) is 12.7 Å². The summed E-state index contributed by atoms with van der Waals surface area (Å²) in [4.78, 5) is 14.5. The summed E-state index contributed by atoms with van der Waals surface area (Å²) < 4.78 is 12.7. The van der Waals surface area contributed by atoms with Crippen molar-refractivity contribution < 1.29 is 14.3 Å². The number of fused-ring (bicyclic) bond motifs is 1. The van der Waals surface area contributed by atoms with Crippen LogP contribution >= 0.6 is 11.8 Å². The molecular weight excluding hydrogens is 352 g/mol. The summed E-state index contributed by atoms with van der Waals surface area (Å²) in [6, 6.07) is 6.05. The number of rotatable bonds is 4. The van der Waals surface area contributed by atoms with Gasteiger partial charge in [0, 0.05) is 25.2 Å². The van der Waals surface area contributed by atoms with Crippen LogP contribution in [0.15, 0.2) is 23.4 Å². The van der Waals surface area contributed by atoms with Gasteiger partial charge in [0.2, 0.25) is 12.7 Å². The lowest BCUT2D eigenvalue weighted by atomic mass is 10.0. The van der Waals surface area contributed by atoms with Crippen molar-refractivity contribution in [2.75, 3.05) is 19.1 Å². The van der Waals surface area contributed by atoms with Crippen molar-refractivity contribution in [3.05, 3.63) is 18.2 Å². The van der Waals surface area contributed by atoms with Gasteiger partial charge in [0.1, 0.15) is 0 Å². The Bertz CT molecular complexity index is 823. The van der Waals surface area contributed by atoms with E-state index < -0.39 is 0 Å². The van der Waals surface area contributed by atoms with Crippen molar-refractivity contribution in [2.45, 2.75) is 37.4 Å². The summed E-state index contributed by atoms with van der Waals surface area (Å²) in [5, 5.41) is 9.27. The Kier molecular flexibility index (Phi) is 4.76. The standard InChI is InChI=1S/C18H22N4O3S/c1-12-5-3-4-8-22(12)16(23)10-26-18-20-19-17(21(18)2)13-6-7-14-15(9-13)25-11-24-14/h6-7,9,12H,3-5,8,10-11H2,1-2H3/t12-/m1/s1. The number of carbonyl (C=O) groups excluding carboxylic acids is 1. The van der Waals surface area contributed by atoms with Crippen molar-refractivity contribution >= 4 is 17.7 Å². The van der Waals surface area contributed by atoms with Gasteiger partial charge in [-0.2, -0.15) is 0 Å². The second-order valence-corrected chi connectivity index (χ2v) is 7.60. The van der Waals surface area contributed by atoms with E-state index in [1.807, 2.05) is 34.7 Å². The Morgan fingerprint density at radius 3 is 2.96 bits per heavy atom. The first kappa shape index (κ1) is 17.2. The summed E-state index contributed by atoms with van der Waals surface area (Å²) in [6.45, 7) is 3.24. The van der Waals surface area contributed by atoms with Gasteiger partial charge in [-0.15, -0.1) is 10.2 Å². The Morgan fingerprint density at radius 2 is 2.12 bits per heavy atom. The number of hydrogen-bond acceptors (Lipinski definition) is 6. The monoisotopic (exact) mass is 374 g/mol. The van der Waals surface area contributed by atoms with Crippen molar-refractivity contribution in [1.82, 2.24) is 19.7 Å². The molecule has 26 heavy (non-hydrogen) atoms. The first-order valence-electron chi connectivity index (χ1n) is 8.85. The predicted molar refractivity (Wildman–Crippen MR) is 98.3 cm³/mol. The Hall–Kier alpha value is -2.22. The first-order valence-corrected chi connectivity index (χ1v) is 9.83. The van der Waals surface area contributed by atoms with Crippen LogP contribution in [0.3, 0.4) is 0 Å². The maximum absolute atomic E-state index is 12.5. The van der Waals surface area contributed by atoms with E-state index in [9.17, 15) is 4.79 Å². The lowest BCUT2D eigenvalue weighted by Crippen LogP contribution is -2.42. The van der Waals surface area contributed by atoms with Gasteiger partial charge in [-0.25, -0.2) is 0 Å². The zero-order valence-electron chi connectivity index (χ0n) is 15.0. The molecule has 0 saturated carbocycles. The second-order valence-electron chi connectivity index (χ2n) is 6.65. The van der Waals surface area contributed by atoms with Gasteiger partial charge in [-0.05, 0) is 44.4 Å². The molecule has 8 heteroatoms. The molecule has 7 nitrogen and oxygen atoms in total. The molecule has 1 saturated heterocycles. The molecule has 0 N–H and O–H groups in total. The fraction of sp³-hybridized carbons (Fsp3) is 0.500. The molecule has 2 aromatic rings. The predicted octanol–water partition coefficient (Wildman–Crippen LogP) is 2.70. The molecule has 0 bridgehead atoms. The number of aromatic nitrogens is 3. The fourth-order valence-corrected chi connectivity index (χ4v) is 4.20. The van der Waals surface area contributed by atoms with E-state index in [1.54, 1.807) is 0 Å². The summed E-state index contributed by atoms with van der Waals surface area (Å²) in [5.41, 5.74) is 0.909. The van der Waals surface area contributed by atoms with Gasteiger partial charge in [0.15, 0.2) is 22.5 Å². The highest BCUT2D eigenvalue weighted by molar-refractivity contribution is 7.99. The topological polar surface area (TPSA) is 69.5 Å². The van der Waals surface area contributed by atoms with Crippen LogP contribution in [-0.2, 0) is 11.8 Å². The van der Waals surface area contributed by atoms with Gasteiger partial charge in [0.25, 0.3) is 0 Å². The SMILES string of the molecule is C[C@@H]1CCCCN1C(=O)CSc1nnc(-c2ccc3c(c2)OCO3)n1C. The van der Waals surface area contributed by atoms with Crippen molar-refractivity contribution in [2.24, 2.45) is 7.05 Å². The normalized spacial score (nSPS) is 19.0. The smallest absolute Gasteiger partial charge is 0.233 e. The molecule has 138 valence electrons. The minimum atomic E-state index is 0.176. The highest BCUT2D eigenvalue weighted by Crippen LogP contribution is 2.35. The summed E-state index contributed by atoms with van der Waals surface area (Å²) >= 11 is 1.43. The van der Waals surface area contributed by atoms with E-state index in [0.29, 0.717) is 17.5 Å². The minimum Gasteiger partial charge on any atom is -0.454 e. The minimum absolute atomic E-state index is 0.176. The van der Waals surface area contributed by atoms with Gasteiger partial charge in [-0.1, -0.05) is 11.8 Å². The molecule has 0 radical (unpaired) electrons. The summed E-state index contributed by atoms with van der Waals surface area (Å²) in [7, 11) is 1.91. The molecule has 1 fully saturated rings. The lowest BCUT2D eigenvalue weighted by Gasteiger charge is -2.33. The Balaban J connectivity index is 1.45. The molecule has 1 atom stereocenters. The van der Waals surface area contributed by atoms with E-state index in [4.69, 9.17) is 9.47 Å². The van der Waals surface area contributed by atoms with Crippen LogP contribution in [0.5, 0.6) is 11.5 Å². The fourth-order valence-electron chi connectivity index (χ4n) is 3.41. The average Bonchev–Trinajstić information content (AvgIpc) is 3.26. The van der Waals surface area contributed by atoms with E-state index >= 15 is 0 Å². The number of nitrogens with zero attached hydrogens (tertiary/aromatic N) is 4. The lowest BCUT2D eigenvalue weighted by molar-refractivity contribution is -0.131. The number of carbonyl (C=O) groups is 1. The van der Waals surface area contributed by atoms with Gasteiger partial charge in [-0.3, -0.25) is 4.79 Å². The van der Waals surface area contributed by atoms with E-state index in [0.717, 1.165) is 41.7 Å². The third-order valence-electron chi connectivity index (χ3n) is 4.91. The number of benzene rings is 1. The average molecular weight is 374 g/mol. The largest absolute Gasteiger partial charge is 0.454 e. The third-order valence-corrected chi connectivity index (χ3v) is 5.92. The maximum Gasteiger partial charge on any atom is 0.233 e. The summed E-state index contributed by atoms with van der Waals surface area (Å²) in [5.74, 6) is 2.76. The molecule has 1 aromatic carbocycles. The van der Waals surface area contributed by atoms with E-state index in [1.165, 1.54) is 18.2 Å². The highest BCUT2D eigenvalue weighted by Gasteiger charge is 2.24. The second kappa shape index (κ2) is 7.19. The van der Waals surface area contributed by atoms with Crippen LogP contribution in [0.2, 0.25) is 0 Å². The van der Waals surface area contributed by atoms with Crippen LogP contribution in [0, 0.1) is 0 Å². The maximum atomic E-state index is 12.5. The van der Waals surface area contributed by atoms with Gasteiger partial charge < -0.3 is 18.9 Å². The molecular formula is C18H22N4O3S. The number of ether oxygens (including phenoxy) is 2. The number of piperidine rings is 1. The van der Waals surface area contributed by atoms with Gasteiger partial charge >= 0.3 is 0 Å². The summed E-state index contributed by atoms with van der Waals surface area (Å²) in [6.07, 6.45) is 3.40. The van der Waals surface area contributed by atoms with Crippen LogP contribution in [0.4, 0.5) is 0 Å². The molecule has 3 heterocycles. The number of hydrogen-bond donors (Lipinski definition) is 0. The molecule has 0 aliphatic carbocycles. The van der Waals surface area contributed by atoms with Crippen molar-refractivity contribution in [3.8, 4) is 22.9 Å². The zero-order valence-corrected chi connectivity index (χ0v) is 15.8. The molecule has 1 amide bonds. The van der Waals surface area contributed by atoms with Crippen LogP contribution in [0.25, 0.3) is 11.4 Å². The molecule has 0 unspecified atom stereocenters. The van der Waals surface area contributed by atoms with Crippen molar-refractivity contribution in [1.29, 1.82) is 0 Å². The quantitative estimate of drug-likeness (QED) is 0.767. The number of amides is 1. The van der Waals surface area contributed by atoms with Crippen molar-refractivity contribution in [3.63, 3.8) is 0 Å². The molecule has 4 rings (SSSR count). The Morgan fingerprint density at radius 1 is 1.27 bits per heavy atom. The van der Waals surface area contributed by atoms with Crippen LogP contribution in [0.1, 0.15) is 26.2 Å². The van der Waals surface area contributed by atoms with Crippen LogP contribution < -0.4 is 9.47 Å². The third kappa shape index (κ3) is 3.25.